The third-order valence-electron chi connectivity index (χ3n) is 7.02. The van der Waals surface area contributed by atoms with Crippen molar-refractivity contribution in [1.29, 1.82) is 0 Å². The molecule has 2 amide bonds. The van der Waals surface area contributed by atoms with Crippen molar-refractivity contribution in [3.8, 4) is 11.1 Å². The minimum atomic E-state index is -3.16. The highest BCUT2D eigenvalue weighted by Crippen LogP contribution is 2.59. The number of carboxylic acids is 1. The van der Waals surface area contributed by atoms with Crippen LogP contribution in [0.25, 0.3) is 21.6 Å². The van der Waals surface area contributed by atoms with Crippen molar-refractivity contribution in [1.82, 2.24) is 10.2 Å². The van der Waals surface area contributed by atoms with Gasteiger partial charge in [0, 0.05) is 39.6 Å². The summed E-state index contributed by atoms with van der Waals surface area (Å²) in [6.45, 7) is -0.337. The average Bonchev–Trinajstić information content (AvgIpc) is 3.35. The Morgan fingerprint density at radius 2 is 1.88 bits per heavy atom. The monoisotopic (exact) mass is 467 g/mol. The van der Waals surface area contributed by atoms with Crippen molar-refractivity contribution in [3.05, 3.63) is 69.6 Å². The van der Waals surface area contributed by atoms with E-state index in [1.807, 2.05) is 0 Å². The molecule has 2 aliphatic carbocycles. The van der Waals surface area contributed by atoms with E-state index in [4.69, 9.17) is 5.53 Å². The first kappa shape index (κ1) is 21.8. The number of rotatable bonds is 6. The fourth-order valence-electron chi connectivity index (χ4n) is 5.27. The van der Waals surface area contributed by atoms with Gasteiger partial charge in [-0.15, -0.1) is 0 Å². The zero-order valence-electron chi connectivity index (χ0n) is 17.7. The van der Waals surface area contributed by atoms with Crippen molar-refractivity contribution in [2.45, 2.75) is 30.8 Å². The van der Waals surface area contributed by atoms with Gasteiger partial charge >= 0.3 is 5.97 Å². The molecule has 2 aromatic rings. The van der Waals surface area contributed by atoms with Crippen LogP contribution < -0.4 is 5.32 Å². The van der Waals surface area contributed by atoms with Gasteiger partial charge in [0.1, 0.15) is 6.04 Å². The highest BCUT2D eigenvalue weighted by Gasteiger charge is 2.66. The maximum Gasteiger partial charge on any atom is 0.326 e. The Balaban J connectivity index is 1.31. The summed E-state index contributed by atoms with van der Waals surface area (Å²) >= 11 is 0. The van der Waals surface area contributed by atoms with Gasteiger partial charge in [-0.05, 0) is 41.6 Å². The molecule has 0 aromatic heterocycles. The number of hydrogen-bond acceptors (Lipinski definition) is 4. The Hall–Kier alpha value is -3.98. The molecule has 0 radical (unpaired) electrons. The van der Waals surface area contributed by atoms with Crippen molar-refractivity contribution in [2.24, 2.45) is 10.5 Å². The summed E-state index contributed by atoms with van der Waals surface area (Å²) in [5.41, 5.74) is 8.44. The van der Waals surface area contributed by atoms with Crippen molar-refractivity contribution in [2.75, 3.05) is 13.1 Å². The van der Waals surface area contributed by atoms with Gasteiger partial charge in [0.05, 0.1) is 6.54 Å². The van der Waals surface area contributed by atoms with Crippen LogP contribution in [-0.2, 0) is 15.5 Å². The number of carboxylic acid groups (broad SMARTS) is 1. The number of hydrogen-bond donors (Lipinski definition) is 2. The molecule has 2 aromatic carbocycles. The number of amides is 2. The fraction of sp³-hybridized carbons (Fsp3) is 0.348. The van der Waals surface area contributed by atoms with Gasteiger partial charge < -0.3 is 15.3 Å². The first-order valence-corrected chi connectivity index (χ1v) is 10.6. The number of alkyl halides is 2. The number of benzene rings is 2. The molecule has 5 rings (SSSR count). The average molecular weight is 467 g/mol. The molecule has 3 atom stereocenters. The van der Waals surface area contributed by atoms with Gasteiger partial charge in [0.2, 0.25) is 5.91 Å². The molecule has 1 aliphatic heterocycles. The minimum absolute atomic E-state index is 0.106. The normalized spacial score (nSPS) is 24.9. The van der Waals surface area contributed by atoms with Crippen LogP contribution in [0.5, 0.6) is 0 Å². The molecule has 34 heavy (non-hydrogen) atoms. The van der Waals surface area contributed by atoms with E-state index < -0.39 is 41.7 Å². The number of halogens is 2. The highest BCUT2D eigenvalue weighted by atomic mass is 19.3. The SMILES string of the molecule is [N-]=[N+]=NCC12CC(C(=O)O)N(C(=O)CNC(=O)c3ccc4c(c3)-c3ccccc3C4(F)F)C1C2. The number of nitrogens with zero attached hydrogens (tertiary/aromatic N) is 4. The Kier molecular flexibility index (Phi) is 4.84. The lowest BCUT2D eigenvalue weighted by molar-refractivity contribution is -0.149. The van der Waals surface area contributed by atoms with Gasteiger partial charge in [0.15, 0.2) is 0 Å². The Bertz CT molecular complexity index is 1290. The molecule has 2 fully saturated rings. The molecule has 1 saturated carbocycles. The third-order valence-corrected chi connectivity index (χ3v) is 7.02. The summed E-state index contributed by atoms with van der Waals surface area (Å²) in [6.07, 6.45) is 0.720. The summed E-state index contributed by atoms with van der Waals surface area (Å²) in [5.74, 6) is -5.52. The fourth-order valence-corrected chi connectivity index (χ4v) is 5.27. The predicted molar refractivity (Wildman–Crippen MR) is 115 cm³/mol. The molecule has 174 valence electrons. The second kappa shape index (κ2) is 7.53. The molecule has 3 unspecified atom stereocenters. The maximum atomic E-state index is 14.7. The molecule has 3 aliphatic rings. The molecule has 0 bridgehead atoms. The van der Waals surface area contributed by atoms with Crippen molar-refractivity contribution < 1.29 is 28.3 Å². The van der Waals surface area contributed by atoms with Crippen molar-refractivity contribution >= 4 is 17.8 Å². The number of nitrogens with one attached hydrogen (secondary N) is 1. The molecular formula is C23H19F2N5O4. The lowest BCUT2D eigenvalue weighted by Crippen LogP contribution is -2.47. The van der Waals surface area contributed by atoms with Crippen LogP contribution >= 0.6 is 0 Å². The topological polar surface area (TPSA) is 135 Å². The maximum absolute atomic E-state index is 14.7. The molecule has 1 heterocycles. The number of carbonyl (C=O) groups excluding carboxylic acids is 2. The van der Waals surface area contributed by atoms with Crippen LogP contribution in [0.15, 0.2) is 47.6 Å². The smallest absolute Gasteiger partial charge is 0.326 e. The predicted octanol–water partition coefficient (Wildman–Crippen LogP) is 3.29. The molecule has 2 N–H and O–H groups in total. The molecular weight excluding hydrogens is 448 g/mol. The van der Waals surface area contributed by atoms with Crippen LogP contribution in [0, 0.1) is 5.41 Å². The number of aliphatic carboxylic acids is 1. The van der Waals surface area contributed by atoms with Crippen molar-refractivity contribution in [3.63, 3.8) is 0 Å². The molecule has 1 saturated heterocycles. The second-order valence-electron chi connectivity index (χ2n) is 8.89. The number of fused-ring (bicyclic) bond motifs is 4. The Labute approximate surface area is 192 Å². The first-order chi connectivity index (χ1) is 16.2. The van der Waals surface area contributed by atoms with Crippen LogP contribution in [0.3, 0.4) is 0 Å². The molecule has 0 spiro atoms. The van der Waals surface area contributed by atoms with E-state index in [9.17, 15) is 28.3 Å². The number of likely N-dealkylation sites (tertiary alicyclic amines) is 1. The number of azide groups is 1. The van der Waals surface area contributed by atoms with Gasteiger partial charge in [-0.2, -0.15) is 8.78 Å². The lowest BCUT2D eigenvalue weighted by atomic mass is 10.00. The lowest BCUT2D eigenvalue weighted by Gasteiger charge is -2.24. The van der Waals surface area contributed by atoms with Crippen LogP contribution in [0.1, 0.15) is 34.3 Å². The Morgan fingerprint density at radius 1 is 1.15 bits per heavy atom. The van der Waals surface area contributed by atoms with E-state index in [0.717, 1.165) is 0 Å². The van der Waals surface area contributed by atoms with Crippen LogP contribution in [-0.4, -0.2) is 53.0 Å². The van der Waals surface area contributed by atoms with Gasteiger partial charge in [0.25, 0.3) is 11.8 Å². The summed E-state index contributed by atoms with van der Waals surface area (Å²) in [4.78, 5) is 41.2. The molecule has 9 nitrogen and oxygen atoms in total. The summed E-state index contributed by atoms with van der Waals surface area (Å²) in [6, 6.07) is 8.53. The zero-order chi connectivity index (χ0) is 24.3. The third kappa shape index (κ3) is 3.19. The largest absolute Gasteiger partial charge is 0.480 e. The van der Waals surface area contributed by atoms with Gasteiger partial charge in [-0.3, -0.25) is 9.59 Å². The highest BCUT2D eigenvalue weighted by molar-refractivity contribution is 5.99. The minimum Gasteiger partial charge on any atom is -0.480 e. The summed E-state index contributed by atoms with van der Waals surface area (Å²) < 4.78 is 29.4. The summed E-state index contributed by atoms with van der Waals surface area (Å²) in [7, 11) is 0. The van der Waals surface area contributed by atoms with Crippen LogP contribution in [0.2, 0.25) is 0 Å². The van der Waals surface area contributed by atoms with Crippen LogP contribution in [0.4, 0.5) is 8.78 Å². The quantitative estimate of drug-likeness (QED) is 0.383. The van der Waals surface area contributed by atoms with E-state index in [2.05, 4.69) is 15.3 Å². The number of carbonyl (C=O) groups is 3. The van der Waals surface area contributed by atoms with Gasteiger partial charge in [-0.25, -0.2) is 4.79 Å². The van der Waals surface area contributed by atoms with E-state index in [0.29, 0.717) is 12.0 Å². The Morgan fingerprint density at radius 3 is 2.62 bits per heavy atom. The van der Waals surface area contributed by atoms with E-state index >= 15 is 0 Å². The van der Waals surface area contributed by atoms with E-state index in [-0.39, 0.29) is 41.3 Å². The standard InChI is InChI=1S/C23H19F2N5O4/c24-23(25)15-4-2-1-3-13(15)14-7-12(5-6-16(14)23)20(32)27-10-19(31)30-17(21(33)34)8-22(9-18(22)30)11-28-29-26/h1-7,17-18H,8-11H2,(H,27,32)(H,33,34). The zero-order valence-corrected chi connectivity index (χ0v) is 17.7. The molecule has 11 heteroatoms. The second-order valence-corrected chi connectivity index (χ2v) is 8.89. The van der Waals surface area contributed by atoms with E-state index in [1.54, 1.807) is 12.1 Å². The number of piperidine rings is 1. The van der Waals surface area contributed by atoms with E-state index in [1.165, 1.54) is 35.2 Å². The van der Waals surface area contributed by atoms with Gasteiger partial charge in [-0.1, -0.05) is 35.4 Å². The first-order valence-electron chi connectivity index (χ1n) is 10.6. The summed E-state index contributed by atoms with van der Waals surface area (Å²) in [5, 5.41) is 15.6.